The molecule has 4 nitrogen and oxygen atoms in total. The first-order valence-corrected chi connectivity index (χ1v) is 4.36. The van der Waals surface area contributed by atoms with Crippen molar-refractivity contribution in [2.45, 2.75) is 0 Å². The number of hydrogen-bond donors (Lipinski definition) is 3. The van der Waals surface area contributed by atoms with Crippen LogP contribution in [0, 0.1) is 5.82 Å². The van der Waals surface area contributed by atoms with Gasteiger partial charge in [-0.3, -0.25) is 5.43 Å². The molecule has 0 aliphatic carbocycles. The van der Waals surface area contributed by atoms with Gasteiger partial charge < -0.3 is 0 Å². The lowest BCUT2D eigenvalue weighted by molar-refractivity contribution is 0.577. The molecule has 1 aliphatic heterocycles. The minimum atomic E-state index is -0.289. The highest BCUT2D eigenvalue weighted by molar-refractivity contribution is 9.10. The molecule has 0 amide bonds. The molecule has 68 valence electrons. The van der Waals surface area contributed by atoms with Crippen LogP contribution in [-0.4, -0.2) is 5.84 Å². The lowest BCUT2D eigenvalue weighted by atomic mass is 10.2. The second-order valence-corrected chi connectivity index (χ2v) is 3.31. The standard InChI is InChI=1S/C7H6BrFN4/c8-5-3-4(1-2-6(5)9)7-10-12-13-11-7/h1-3,12-13H,(H,10,11). The molecule has 2 rings (SSSR count). The average Bonchev–Trinajstić information content (AvgIpc) is 2.62. The maximum Gasteiger partial charge on any atom is 0.170 e. The van der Waals surface area contributed by atoms with E-state index in [0.717, 1.165) is 5.56 Å². The van der Waals surface area contributed by atoms with E-state index in [9.17, 15) is 4.39 Å². The van der Waals surface area contributed by atoms with Gasteiger partial charge in [-0.2, -0.15) is 0 Å². The summed E-state index contributed by atoms with van der Waals surface area (Å²) in [6.45, 7) is 0. The number of benzene rings is 1. The highest BCUT2D eigenvalue weighted by Gasteiger charge is 2.09. The smallest absolute Gasteiger partial charge is 0.170 e. The van der Waals surface area contributed by atoms with Gasteiger partial charge in [0.15, 0.2) is 5.84 Å². The summed E-state index contributed by atoms with van der Waals surface area (Å²) in [6, 6.07) is 4.67. The number of hydrogen-bond acceptors (Lipinski definition) is 4. The van der Waals surface area contributed by atoms with Gasteiger partial charge in [-0.1, -0.05) is 0 Å². The van der Waals surface area contributed by atoms with E-state index in [-0.39, 0.29) is 5.82 Å². The molecule has 13 heavy (non-hydrogen) atoms. The lowest BCUT2D eigenvalue weighted by Gasteiger charge is -2.01. The predicted octanol–water partition coefficient (Wildman–Crippen LogP) is 0.862. The van der Waals surface area contributed by atoms with Gasteiger partial charge in [0, 0.05) is 5.56 Å². The average molecular weight is 245 g/mol. The monoisotopic (exact) mass is 244 g/mol. The highest BCUT2D eigenvalue weighted by Crippen LogP contribution is 2.16. The van der Waals surface area contributed by atoms with Crippen molar-refractivity contribution in [1.29, 1.82) is 0 Å². The SMILES string of the molecule is Fc1ccc(C2=NNNN2)cc1Br. The molecule has 0 radical (unpaired) electrons. The van der Waals surface area contributed by atoms with E-state index in [4.69, 9.17) is 0 Å². The lowest BCUT2D eigenvalue weighted by Crippen LogP contribution is -2.35. The van der Waals surface area contributed by atoms with Crippen LogP contribution in [-0.2, 0) is 0 Å². The van der Waals surface area contributed by atoms with Crippen molar-refractivity contribution in [3.8, 4) is 0 Å². The molecule has 0 saturated heterocycles. The molecule has 1 heterocycles. The zero-order valence-corrected chi connectivity index (χ0v) is 8.02. The molecule has 0 fully saturated rings. The van der Waals surface area contributed by atoms with Gasteiger partial charge in [-0.25, -0.2) is 9.93 Å². The number of halogens is 2. The highest BCUT2D eigenvalue weighted by atomic mass is 79.9. The van der Waals surface area contributed by atoms with Crippen molar-refractivity contribution in [1.82, 2.24) is 16.5 Å². The maximum atomic E-state index is 12.8. The van der Waals surface area contributed by atoms with E-state index in [1.165, 1.54) is 6.07 Å². The normalized spacial score (nSPS) is 14.8. The van der Waals surface area contributed by atoms with Crippen molar-refractivity contribution in [3.63, 3.8) is 0 Å². The van der Waals surface area contributed by atoms with Gasteiger partial charge in [0.05, 0.1) is 4.47 Å². The topological polar surface area (TPSA) is 48.5 Å². The van der Waals surface area contributed by atoms with Crippen LogP contribution in [0.2, 0.25) is 0 Å². The fourth-order valence-corrected chi connectivity index (χ4v) is 1.36. The van der Waals surface area contributed by atoms with E-state index >= 15 is 0 Å². The molecule has 3 N–H and O–H groups in total. The van der Waals surface area contributed by atoms with Gasteiger partial charge in [0.2, 0.25) is 0 Å². The minimum absolute atomic E-state index is 0.289. The van der Waals surface area contributed by atoms with E-state index in [2.05, 4.69) is 37.5 Å². The van der Waals surface area contributed by atoms with Crippen molar-refractivity contribution in [3.05, 3.63) is 34.1 Å². The minimum Gasteiger partial charge on any atom is -0.285 e. The maximum absolute atomic E-state index is 12.8. The van der Waals surface area contributed by atoms with Gasteiger partial charge in [0.1, 0.15) is 5.82 Å². The molecule has 0 saturated carbocycles. The Bertz CT molecular complexity index is 366. The Morgan fingerprint density at radius 2 is 2.23 bits per heavy atom. The molecular formula is C7H6BrFN4. The summed E-state index contributed by atoms with van der Waals surface area (Å²) < 4.78 is 13.3. The molecule has 1 aromatic rings. The first-order chi connectivity index (χ1) is 6.27. The van der Waals surface area contributed by atoms with Crippen LogP contribution in [0.5, 0.6) is 0 Å². The fourth-order valence-electron chi connectivity index (χ4n) is 0.979. The quantitative estimate of drug-likeness (QED) is 0.687. The molecule has 1 aromatic carbocycles. The summed E-state index contributed by atoms with van der Waals surface area (Å²) in [5.74, 6) is 0.337. The van der Waals surface area contributed by atoms with E-state index in [1.54, 1.807) is 12.1 Å². The number of nitrogens with one attached hydrogen (secondary N) is 3. The summed E-state index contributed by atoms with van der Waals surface area (Å²) in [4.78, 5) is 0. The Morgan fingerprint density at radius 3 is 2.85 bits per heavy atom. The van der Waals surface area contributed by atoms with Crippen LogP contribution in [0.25, 0.3) is 0 Å². The number of nitrogens with zero attached hydrogens (tertiary/aromatic N) is 1. The number of hydrazone groups is 1. The van der Waals surface area contributed by atoms with Gasteiger partial charge in [-0.05, 0) is 34.1 Å². The van der Waals surface area contributed by atoms with Gasteiger partial charge >= 0.3 is 0 Å². The number of amidine groups is 1. The molecule has 0 unspecified atom stereocenters. The van der Waals surface area contributed by atoms with Crippen LogP contribution in [0.4, 0.5) is 4.39 Å². The van der Waals surface area contributed by atoms with E-state index < -0.39 is 0 Å². The molecule has 6 heteroatoms. The van der Waals surface area contributed by atoms with Crippen molar-refractivity contribution < 1.29 is 4.39 Å². The third-order valence-corrected chi connectivity index (χ3v) is 2.21. The molecule has 1 aliphatic rings. The Balaban J connectivity index is 2.36. The summed E-state index contributed by atoms with van der Waals surface area (Å²) in [7, 11) is 0. The Morgan fingerprint density at radius 1 is 1.38 bits per heavy atom. The first kappa shape index (κ1) is 8.46. The second kappa shape index (κ2) is 3.31. The molecular weight excluding hydrogens is 239 g/mol. The summed E-state index contributed by atoms with van der Waals surface area (Å²) in [6.07, 6.45) is 0. The van der Waals surface area contributed by atoms with Crippen LogP contribution in [0.15, 0.2) is 27.8 Å². The van der Waals surface area contributed by atoms with Crippen LogP contribution in [0.3, 0.4) is 0 Å². The Hall–Kier alpha value is -1.14. The molecule has 0 atom stereocenters. The van der Waals surface area contributed by atoms with E-state index in [0.29, 0.717) is 10.3 Å². The van der Waals surface area contributed by atoms with Gasteiger partial charge in [0.25, 0.3) is 0 Å². The number of rotatable bonds is 1. The second-order valence-electron chi connectivity index (χ2n) is 2.45. The van der Waals surface area contributed by atoms with E-state index in [1.807, 2.05) is 0 Å². The molecule has 0 spiro atoms. The van der Waals surface area contributed by atoms with Gasteiger partial charge in [-0.15, -0.1) is 10.6 Å². The first-order valence-electron chi connectivity index (χ1n) is 3.56. The number of hydrazine groups is 2. The summed E-state index contributed by atoms with van der Waals surface area (Å²) >= 11 is 3.09. The summed E-state index contributed by atoms with van der Waals surface area (Å²) in [5.41, 5.74) is 8.68. The third kappa shape index (κ3) is 1.63. The Labute approximate surface area is 82.3 Å². The van der Waals surface area contributed by atoms with Crippen molar-refractivity contribution in [2.75, 3.05) is 0 Å². The van der Waals surface area contributed by atoms with Crippen molar-refractivity contribution in [2.24, 2.45) is 5.10 Å². The molecule has 0 bridgehead atoms. The molecule has 0 aromatic heterocycles. The predicted molar refractivity (Wildman–Crippen MR) is 50.0 cm³/mol. The zero-order chi connectivity index (χ0) is 9.26. The zero-order valence-electron chi connectivity index (χ0n) is 6.44. The Kier molecular flexibility index (Phi) is 2.15. The van der Waals surface area contributed by atoms with Crippen LogP contribution in [0.1, 0.15) is 5.56 Å². The largest absolute Gasteiger partial charge is 0.285 e. The van der Waals surface area contributed by atoms with Crippen molar-refractivity contribution >= 4 is 21.8 Å². The fraction of sp³-hybridized carbons (Fsp3) is 0. The van der Waals surface area contributed by atoms with Crippen LogP contribution < -0.4 is 16.5 Å². The third-order valence-electron chi connectivity index (χ3n) is 1.60. The summed E-state index contributed by atoms with van der Waals surface area (Å²) in [5, 5.41) is 3.88. The van der Waals surface area contributed by atoms with Crippen LogP contribution >= 0.6 is 15.9 Å².